The van der Waals surface area contributed by atoms with Gasteiger partial charge in [-0.1, -0.05) is 37.8 Å². The first-order valence-electron chi connectivity index (χ1n) is 8.00. The maximum atomic E-state index is 12.1. The molecule has 1 fully saturated rings. The van der Waals surface area contributed by atoms with Crippen LogP contribution in [0.2, 0.25) is 0 Å². The van der Waals surface area contributed by atoms with Gasteiger partial charge >= 0.3 is 6.61 Å². The van der Waals surface area contributed by atoms with E-state index >= 15 is 0 Å². The van der Waals surface area contributed by atoms with Crippen LogP contribution in [0.4, 0.5) is 8.78 Å². The van der Waals surface area contributed by atoms with Crippen LogP contribution in [-0.4, -0.2) is 29.8 Å². The number of halogens is 2. The average Bonchev–Trinajstić information content (AvgIpc) is 2.72. The molecule has 2 rings (SSSR count). The van der Waals surface area contributed by atoms with Crippen molar-refractivity contribution >= 4 is 5.91 Å². The van der Waals surface area contributed by atoms with Gasteiger partial charge in [0.25, 0.3) is 0 Å². The van der Waals surface area contributed by atoms with E-state index in [4.69, 9.17) is 0 Å². The normalized spacial score (nSPS) is 17.6. The summed E-state index contributed by atoms with van der Waals surface area (Å²) in [4.78, 5) is 12.0. The van der Waals surface area contributed by atoms with E-state index < -0.39 is 12.2 Å². The first-order valence-corrected chi connectivity index (χ1v) is 8.00. The van der Waals surface area contributed by atoms with Gasteiger partial charge in [-0.25, -0.2) is 0 Å². The molecule has 0 heterocycles. The van der Waals surface area contributed by atoms with Crippen LogP contribution in [0.5, 0.6) is 5.75 Å². The maximum Gasteiger partial charge on any atom is 0.387 e. The SMILES string of the molecule is O=C(Cc1ccc(OC(F)F)cc1)NCC1(O)CCCCCC1. The molecule has 4 nitrogen and oxygen atoms in total. The van der Waals surface area contributed by atoms with Crippen LogP contribution in [0, 0.1) is 0 Å². The smallest absolute Gasteiger partial charge is 0.387 e. The lowest BCUT2D eigenvalue weighted by Gasteiger charge is -2.26. The molecule has 1 aromatic rings. The Bertz CT molecular complexity index is 497. The molecule has 0 aliphatic heterocycles. The number of carbonyl (C=O) groups is 1. The van der Waals surface area contributed by atoms with Crippen LogP contribution in [0.15, 0.2) is 24.3 Å². The van der Waals surface area contributed by atoms with E-state index in [1.54, 1.807) is 12.1 Å². The fourth-order valence-electron chi connectivity index (χ4n) is 2.86. The first-order chi connectivity index (χ1) is 11.0. The molecule has 1 aliphatic rings. The summed E-state index contributed by atoms with van der Waals surface area (Å²) >= 11 is 0. The fraction of sp³-hybridized carbons (Fsp3) is 0.588. The van der Waals surface area contributed by atoms with E-state index in [1.807, 2.05) is 0 Å². The summed E-state index contributed by atoms with van der Waals surface area (Å²) in [5.41, 5.74) is -0.0989. The minimum Gasteiger partial charge on any atom is -0.435 e. The van der Waals surface area contributed by atoms with Gasteiger partial charge in [0.05, 0.1) is 12.0 Å². The summed E-state index contributed by atoms with van der Waals surface area (Å²) in [6.45, 7) is -2.59. The van der Waals surface area contributed by atoms with Crippen LogP contribution in [0.25, 0.3) is 0 Å². The number of nitrogens with one attached hydrogen (secondary N) is 1. The summed E-state index contributed by atoms with van der Waals surface area (Å²) in [6.07, 6.45) is 5.80. The molecule has 0 unspecified atom stereocenters. The second kappa shape index (κ2) is 8.24. The number of benzene rings is 1. The van der Waals surface area contributed by atoms with Crippen LogP contribution < -0.4 is 10.1 Å². The molecule has 0 aromatic heterocycles. The molecular formula is C17H23F2NO3. The van der Waals surface area contributed by atoms with Gasteiger partial charge in [0, 0.05) is 6.54 Å². The lowest BCUT2D eigenvalue weighted by molar-refractivity contribution is -0.121. The van der Waals surface area contributed by atoms with E-state index in [0.717, 1.165) is 25.7 Å². The standard InChI is InChI=1S/C17H23F2NO3/c18-16(19)23-14-7-5-13(6-8-14)11-15(21)20-12-17(22)9-3-1-2-4-10-17/h5-8,16,22H,1-4,9-12H2,(H,20,21). The van der Waals surface area contributed by atoms with Crippen molar-refractivity contribution in [3.05, 3.63) is 29.8 Å². The van der Waals surface area contributed by atoms with Crippen molar-refractivity contribution < 1.29 is 23.4 Å². The lowest BCUT2D eigenvalue weighted by Crippen LogP contribution is -2.43. The largest absolute Gasteiger partial charge is 0.435 e. The Morgan fingerprint density at radius 1 is 1.17 bits per heavy atom. The zero-order chi connectivity index (χ0) is 16.7. The zero-order valence-electron chi connectivity index (χ0n) is 13.1. The quantitative estimate of drug-likeness (QED) is 0.790. The molecule has 0 bridgehead atoms. The predicted molar refractivity (Wildman–Crippen MR) is 82.4 cm³/mol. The minimum atomic E-state index is -2.86. The molecule has 0 atom stereocenters. The van der Waals surface area contributed by atoms with Gasteiger partial charge in [-0.3, -0.25) is 4.79 Å². The minimum absolute atomic E-state index is 0.0666. The number of amides is 1. The van der Waals surface area contributed by atoms with Crippen molar-refractivity contribution in [3.8, 4) is 5.75 Å². The van der Waals surface area contributed by atoms with Crippen LogP contribution in [0.3, 0.4) is 0 Å². The molecular weight excluding hydrogens is 304 g/mol. The second-order valence-electron chi connectivity index (χ2n) is 6.11. The molecule has 23 heavy (non-hydrogen) atoms. The number of carbonyl (C=O) groups excluding carboxylic acids is 1. The molecule has 0 spiro atoms. The van der Waals surface area contributed by atoms with Gasteiger partial charge < -0.3 is 15.2 Å². The summed E-state index contributed by atoms with van der Waals surface area (Å²) < 4.78 is 28.4. The fourth-order valence-corrected chi connectivity index (χ4v) is 2.86. The maximum absolute atomic E-state index is 12.1. The van der Waals surface area contributed by atoms with Crippen molar-refractivity contribution in [2.45, 2.75) is 57.2 Å². The number of hydrogen-bond donors (Lipinski definition) is 2. The highest BCUT2D eigenvalue weighted by atomic mass is 19.3. The van der Waals surface area contributed by atoms with Gasteiger partial charge in [0.1, 0.15) is 5.75 Å². The Balaban J connectivity index is 1.80. The monoisotopic (exact) mass is 327 g/mol. The van der Waals surface area contributed by atoms with E-state index in [2.05, 4.69) is 10.1 Å². The van der Waals surface area contributed by atoms with Crippen molar-refractivity contribution in [1.82, 2.24) is 5.32 Å². The first kappa shape index (κ1) is 17.7. The third-order valence-electron chi connectivity index (χ3n) is 4.16. The Labute approximate surface area is 134 Å². The van der Waals surface area contributed by atoms with Crippen molar-refractivity contribution in [2.75, 3.05) is 6.54 Å². The Hall–Kier alpha value is -1.69. The number of aliphatic hydroxyl groups is 1. The zero-order valence-corrected chi connectivity index (χ0v) is 13.1. The van der Waals surface area contributed by atoms with Crippen LogP contribution in [0.1, 0.15) is 44.1 Å². The average molecular weight is 327 g/mol. The molecule has 1 saturated carbocycles. The second-order valence-corrected chi connectivity index (χ2v) is 6.11. The summed E-state index contributed by atoms with van der Waals surface area (Å²) in [7, 11) is 0. The highest BCUT2D eigenvalue weighted by Crippen LogP contribution is 2.26. The van der Waals surface area contributed by atoms with Gasteiger partial charge in [0.15, 0.2) is 0 Å². The predicted octanol–water partition coefficient (Wildman–Crippen LogP) is 3.03. The Kier molecular flexibility index (Phi) is 6.33. The van der Waals surface area contributed by atoms with E-state index in [-0.39, 0.29) is 24.6 Å². The molecule has 1 amide bonds. The molecule has 6 heteroatoms. The number of ether oxygens (including phenoxy) is 1. The Morgan fingerprint density at radius 2 is 1.78 bits per heavy atom. The van der Waals surface area contributed by atoms with Gasteiger partial charge in [-0.15, -0.1) is 0 Å². The molecule has 2 N–H and O–H groups in total. The van der Waals surface area contributed by atoms with Crippen LogP contribution in [-0.2, 0) is 11.2 Å². The molecule has 1 aliphatic carbocycles. The summed E-state index contributed by atoms with van der Waals surface area (Å²) in [5, 5.41) is 13.3. The molecule has 1 aromatic carbocycles. The number of alkyl halides is 2. The van der Waals surface area contributed by atoms with Gasteiger partial charge in [-0.2, -0.15) is 8.78 Å². The summed E-state index contributed by atoms with van der Waals surface area (Å²) in [5.74, 6) is -0.123. The molecule has 0 saturated heterocycles. The van der Waals surface area contributed by atoms with Crippen LogP contribution >= 0.6 is 0 Å². The number of hydrogen-bond acceptors (Lipinski definition) is 3. The number of rotatable bonds is 6. The Morgan fingerprint density at radius 3 is 2.35 bits per heavy atom. The lowest BCUT2D eigenvalue weighted by atomic mass is 9.94. The van der Waals surface area contributed by atoms with Crippen molar-refractivity contribution in [1.29, 1.82) is 0 Å². The topological polar surface area (TPSA) is 58.6 Å². The van der Waals surface area contributed by atoms with Crippen molar-refractivity contribution in [2.24, 2.45) is 0 Å². The van der Waals surface area contributed by atoms with Crippen molar-refractivity contribution in [3.63, 3.8) is 0 Å². The third-order valence-corrected chi connectivity index (χ3v) is 4.16. The third kappa shape index (κ3) is 6.14. The highest BCUT2D eigenvalue weighted by molar-refractivity contribution is 5.78. The van der Waals surface area contributed by atoms with Gasteiger partial charge in [0.2, 0.25) is 5.91 Å². The van der Waals surface area contributed by atoms with E-state index in [9.17, 15) is 18.7 Å². The van der Waals surface area contributed by atoms with E-state index in [1.165, 1.54) is 12.1 Å². The highest BCUT2D eigenvalue weighted by Gasteiger charge is 2.28. The van der Waals surface area contributed by atoms with E-state index in [0.29, 0.717) is 18.4 Å². The van der Waals surface area contributed by atoms with Gasteiger partial charge in [-0.05, 0) is 30.5 Å². The molecule has 0 radical (unpaired) electrons. The summed E-state index contributed by atoms with van der Waals surface area (Å²) in [6, 6.07) is 5.98. The molecule has 128 valence electrons.